The Morgan fingerprint density at radius 2 is 1.80 bits per heavy atom. The fraction of sp³-hybridized carbons (Fsp3) is 0.409. The molecule has 162 valence electrons. The standard InChI is InChI=1S/C22H30N4O3S/c1-5-25(6-2)30(28,29)18-11-12-21(24(3)4)19(15-18)23-16-22(27)26-14-13-17-9-7-8-10-20(17)26/h7-12,15,23H,5-6,13-14,16H2,1-4H3. The Balaban J connectivity index is 1.83. The number of anilines is 3. The fourth-order valence-electron chi connectivity index (χ4n) is 3.78. The first-order chi connectivity index (χ1) is 14.3. The average Bonchev–Trinajstić information content (AvgIpc) is 3.16. The van der Waals surface area contributed by atoms with Gasteiger partial charge < -0.3 is 15.1 Å². The number of nitrogens with zero attached hydrogens (tertiary/aromatic N) is 3. The maximum atomic E-state index is 12.9. The fourth-order valence-corrected chi connectivity index (χ4v) is 5.27. The summed E-state index contributed by atoms with van der Waals surface area (Å²) in [5.41, 5.74) is 3.57. The predicted molar refractivity (Wildman–Crippen MR) is 122 cm³/mol. The van der Waals surface area contributed by atoms with Crippen LogP contribution in [-0.4, -0.2) is 58.9 Å². The number of nitrogens with one attached hydrogen (secondary N) is 1. The molecule has 1 amide bonds. The molecule has 0 aromatic heterocycles. The molecule has 3 rings (SSSR count). The van der Waals surface area contributed by atoms with Gasteiger partial charge in [-0.25, -0.2) is 8.42 Å². The molecule has 0 saturated heterocycles. The summed E-state index contributed by atoms with van der Waals surface area (Å²) in [7, 11) is 0.192. The maximum absolute atomic E-state index is 12.9. The van der Waals surface area contributed by atoms with Crippen LogP contribution in [0.25, 0.3) is 0 Å². The minimum Gasteiger partial charge on any atom is -0.376 e. The number of hydrogen-bond donors (Lipinski definition) is 1. The smallest absolute Gasteiger partial charge is 0.246 e. The molecular formula is C22H30N4O3S. The van der Waals surface area contributed by atoms with Gasteiger partial charge in [0.2, 0.25) is 15.9 Å². The highest BCUT2D eigenvalue weighted by Gasteiger charge is 2.25. The number of benzene rings is 2. The van der Waals surface area contributed by atoms with E-state index in [1.807, 2.05) is 57.1 Å². The van der Waals surface area contributed by atoms with E-state index in [0.29, 0.717) is 25.3 Å². The molecule has 0 bridgehead atoms. The zero-order valence-corrected chi connectivity index (χ0v) is 18.9. The second-order valence-electron chi connectivity index (χ2n) is 7.44. The van der Waals surface area contributed by atoms with Crippen LogP contribution in [0.3, 0.4) is 0 Å². The summed E-state index contributed by atoms with van der Waals surface area (Å²) < 4.78 is 27.3. The monoisotopic (exact) mass is 430 g/mol. The van der Waals surface area contributed by atoms with Crippen molar-refractivity contribution in [3.63, 3.8) is 0 Å². The normalized spacial score (nSPS) is 13.4. The summed E-state index contributed by atoms with van der Waals surface area (Å²) in [6.07, 6.45) is 0.850. The van der Waals surface area contributed by atoms with Gasteiger partial charge in [0.25, 0.3) is 0 Å². The number of fused-ring (bicyclic) bond motifs is 1. The number of hydrogen-bond acceptors (Lipinski definition) is 5. The number of para-hydroxylation sites is 1. The van der Waals surface area contributed by atoms with Gasteiger partial charge in [-0.15, -0.1) is 0 Å². The number of amides is 1. The lowest BCUT2D eigenvalue weighted by Crippen LogP contribution is -2.34. The third kappa shape index (κ3) is 4.29. The Bertz CT molecular complexity index is 1020. The molecule has 1 N–H and O–H groups in total. The van der Waals surface area contributed by atoms with Crippen molar-refractivity contribution in [1.29, 1.82) is 0 Å². The Hall–Kier alpha value is -2.58. The molecule has 0 atom stereocenters. The Morgan fingerprint density at radius 1 is 1.10 bits per heavy atom. The van der Waals surface area contributed by atoms with E-state index in [4.69, 9.17) is 0 Å². The van der Waals surface area contributed by atoms with E-state index in [9.17, 15) is 13.2 Å². The van der Waals surface area contributed by atoms with Crippen LogP contribution in [0.4, 0.5) is 17.1 Å². The van der Waals surface area contributed by atoms with Crippen LogP contribution in [-0.2, 0) is 21.2 Å². The van der Waals surface area contributed by atoms with Gasteiger partial charge in [-0.2, -0.15) is 4.31 Å². The molecule has 8 heteroatoms. The highest BCUT2D eigenvalue weighted by Crippen LogP contribution is 2.30. The first-order valence-electron chi connectivity index (χ1n) is 10.2. The number of sulfonamides is 1. The van der Waals surface area contributed by atoms with Crippen molar-refractivity contribution in [3.05, 3.63) is 48.0 Å². The predicted octanol–water partition coefficient (Wildman–Crippen LogP) is 2.78. The first-order valence-corrected chi connectivity index (χ1v) is 11.7. The molecule has 1 aliphatic rings. The molecule has 0 saturated carbocycles. The maximum Gasteiger partial charge on any atom is 0.246 e. The van der Waals surface area contributed by atoms with Crippen LogP contribution in [0, 0.1) is 0 Å². The summed E-state index contributed by atoms with van der Waals surface area (Å²) >= 11 is 0. The van der Waals surface area contributed by atoms with Crippen molar-refractivity contribution in [3.8, 4) is 0 Å². The number of carbonyl (C=O) groups is 1. The van der Waals surface area contributed by atoms with Crippen LogP contribution < -0.4 is 15.1 Å². The van der Waals surface area contributed by atoms with Gasteiger partial charge in [-0.3, -0.25) is 4.79 Å². The minimum absolute atomic E-state index is 0.0401. The van der Waals surface area contributed by atoms with E-state index < -0.39 is 10.0 Å². The third-order valence-electron chi connectivity index (χ3n) is 5.41. The van der Waals surface area contributed by atoms with E-state index in [2.05, 4.69) is 5.32 Å². The van der Waals surface area contributed by atoms with Gasteiger partial charge in [0.15, 0.2) is 0 Å². The molecule has 0 spiro atoms. The van der Waals surface area contributed by atoms with Crippen LogP contribution in [0.1, 0.15) is 19.4 Å². The highest BCUT2D eigenvalue weighted by molar-refractivity contribution is 7.89. The molecule has 1 aliphatic heterocycles. The molecule has 0 fully saturated rings. The van der Waals surface area contributed by atoms with Crippen molar-refractivity contribution < 1.29 is 13.2 Å². The van der Waals surface area contributed by atoms with Crippen LogP contribution >= 0.6 is 0 Å². The van der Waals surface area contributed by atoms with Crippen LogP contribution in [0.15, 0.2) is 47.4 Å². The van der Waals surface area contributed by atoms with Gasteiger partial charge >= 0.3 is 0 Å². The van der Waals surface area contributed by atoms with Crippen molar-refractivity contribution in [2.45, 2.75) is 25.2 Å². The first kappa shape index (κ1) is 22.1. The summed E-state index contributed by atoms with van der Waals surface area (Å²) in [4.78, 5) is 16.8. The summed E-state index contributed by atoms with van der Waals surface area (Å²) in [5, 5.41) is 3.17. The van der Waals surface area contributed by atoms with Gasteiger partial charge in [0.1, 0.15) is 0 Å². The molecule has 0 unspecified atom stereocenters. The lowest BCUT2D eigenvalue weighted by molar-refractivity contribution is -0.116. The highest BCUT2D eigenvalue weighted by atomic mass is 32.2. The Morgan fingerprint density at radius 3 is 2.47 bits per heavy atom. The third-order valence-corrected chi connectivity index (χ3v) is 7.46. The number of rotatable bonds is 8. The molecule has 2 aromatic carbocycles. The van der Waals surface area contributed by atoms with Crippen LogP contribution in [0.2, 0.25) is 0 Å². The molecule has 2 aromatic rings. The zero-order valence-electron chi connectivity index (χ0n) is 18.1. The van der Waals surface area contributed by atoms with Gasteiger partial charge in [0, 0.05) is 39.4 Å². The largest absolute Gasteiger partial charge is 0.376 e. The lowest BCUT2D eigenvalue weighted by Gasteiger charge is -2.23. The SMILES string of the molecule is CCN(CC)S(=O)(=O)c1ccc(N(C)C)c(NCC(=O)N2CCc3ccccc32)c1. The van der Waals surface area contributed by atoms with Crippen molar-refractivity contribution >= 4 is 33.0 Å². The van der Waals surface area contributed by atoms with Gasteiger partial charge in [0.05, 0.1) is 22.8 Å². The molecular weight excluding hydrogens is 400 g/mol. The average molecular weight is 431 g/mol. The van der Waals surface area contributed by atoms with Crippen LogP contribution in [0.5, 0.6) is 0 Å². The molecule has 0 radical (unpaired) electrons. The van der Waals surface area contributed by atoms with E-state index in [0.717, 1.165) is 17.8 Å². The summed E-state index contributed by atoms with van der Waals surface area (Å²) in [5.74, 6) is -0.0401. The van der Waals surface area contributed by atoms with Crippen molar-refractivity contribution in [1.82, 2.24) is 4.31 Å². The van der Waals surface area contributed by atoms with Gasteiger partial charge in [-0.05, 0) is 36.2 Å². The van der Waals surface area contributed by atoms with Crippen molar-refractivity contribution in [2.75, 3.05) is 55.4 Å². The van der Waals surface area contributed by atoms with Crippen molar-refractivity contribution in [2.24, 2.45) is 0 Å². The quantitative estimate of drug-likeness (QED) is 0.697. The van der Waals surface area contributed by atoms with E-state index in [1.54, 1.807) is 23.1 Å². The van der Waals surface area contributed by atoms with E-state index in [-0.39, 0.29) is 17.3 Å². The second kappa shape index (κ2) is 9.06. The summed E-state index contributed by atoms with van der Waals surface area (Å²) in [6, 6.07) is 12.9. The topological polar surface area (TPSA) is 73.0 Å². The molecule has 1 heterocycles. The lowest BCUT2D eigenvalue weighted by atomic mass is 10.2. The Kier molecular flexibility index (Phi) is 6.67. The minimum atomic E-state index is -3.58. The summed E-state index contributed by atoms with van der Waals surface area (Å²) in [6.45, 7) is 5.20. The Labute approximate surface area is 179 Å². The van der Waals surface area contributed by atoms with E-state index in [1.165, 1.54) is 9.87 Å². The zero-order chi connectivity index (χ0) is 21.9. The molecule has 7 nitrogen and oxygen atoms in total. The van der Waals surface area contributed by atoms with E-state index >= 15 is 0 Å². The molecule has 30 heavy (non-hydrogen) atoms. The molecule has 0 aliphatic carbocycles. The van der Waals surface area contributed by atoms with Gasteiger partial charge in [-0.1, -0.05) is 32.0 Å². The second-order valence-corrected chi connectivity index (χ2v) is 9.38. The number of carbonyl (C=O) groups excluding carboxylic acids is 1.